The highest BCUT2D eigenvalue weighted by atomic mass is 19.1. The molecule has 0 radical (unpaired) electrons. The minimum atomic E-state index is -0.955. The number of halogens is 2. The van der Waals surface area contributed by atoms with Crippen molar-refractivity contribution in [3.8, 4) is 0 Å². The number of aliphatic imine (C=N–C) groups is 1. The number of carbonyl (C=O) groups is 2. The van der Waals surface area contributed by atoms with Gasteiger partial charge in [0, 0.05) is 24.5 Å². The van der Waals surface area contributed by atoms with Crippen LogP contribution in [0.5, 0.6) is 0 Å². The van der Waals surface area contributed by atoms with Crippen molar-refractivity contribution < 1.29 is 27.8 Å². The van der Waals surface area contributed by atoms with Gasteiger partial charge in [-0.15, -0.1) is 0 Å². The van der Waals surface area contributed by atoms with Crippen LogP contribution in [-0.4, -0.2) is 47.0 Å². The molecular weight excluding hydrogens is 538 g/mol. The summed E-state index contributed by atoms with van der Waals surface area (Å²) in [7, 11) is 0. The zero-order chi connectivity index (χ0) is 31.0. The van der Waals surface area contributed by atoms with Crippen molar-refractivity contribution in [1.29, 1.82) is 0 Å². The normalized spacial score (nSPS) is 22.1. The van der Waals surface area contributed by atoms with Gasteiger partial charge in [-0.2, -0.15) is 0 Å². The van der Waals surface area contributed by atoms with Crippen molar-refractivity contribution in [3.63, 3.8) is 0 Å². The van der Waals surface area contributed by atoms with Crippen LogP contribution in [0.1, 0.15) is 109 Å². The van der Waals surface area contributed by atoms with Crippen LogP contribution in [0.25, 0.3) is 0 Å². The van der Waals surface area contributed by atoms with E-state index in [1.165, 1.54) is 0 Å². The van der Waals surface area contributed by atoms with Gasteiger partial charge in [-0.25, -0.2) is 13.6 Å². The van der Waals surface area contributed by atoms with Gasteiger partial charge in [0.1, 0.15) is 23.0 Å². The molecule has 6 nitrogen and oxygen atoms in total. The molecular formula is C34H44F2N2O4. The van der Waals surface area contributed by atoms with Gasteiger partial charge >= 0.3 is 5.97 Å². The third-order valence-electron chi connectivity index (χ3n) is 7.98. The molecule has 0 aromatic heterocycles. The summed E-state index contributed by atoms with van der Waals surface area (Å²) >= 11 is 0. The second-order valence-corrected chi connectivity index (χ2v) is 14.1. The molecule has 0 bridgehead atoms. The molecule has 1 fully saturated rings. The van der Waals surface area contributed by atoms with Crippen molar-refractivity contribution in [1.82, 2.24) is 4.90 Å². The Balaban J connectivity index is 1.83. The van der Waals surface area contributed by atoms with Gasteiger partial charge in [-0.05, 0) is 67.3 Å². The van der Waals surface area contributed by atoms with Crippen LogP contribution < -0.4 is 0 Å². The van der Waals surface area contributed by atoms with Crippen molar-refractivity contribution in [2.75, 3.05) is 6.61 Å². The molecule has 2 aliphatic rings. The number of ether oxygens (including phenoxy) is 2. The minimum Gasteiger partial charge on any atom is -0.459 e. The minimum absolute atomic E-state index is 0.0197. The molecule has 1 spiro atoms. The maximum Gasteiger partial charge on any atom is 0.338 e. The lowest BCUT2D eigenvalue weighted by Crippen LogP contribution is -2.55. The predicted molar refractivity (Wildman–Crippen MR) is 159 cm³/mol. The molecule has 1 amide bonds. The summed E-state index contributed by atoms with van der Waals surface area (Å²) in [5.41, 5.74) is 0.270. The fourth-order valence-electron chi connectivity index (χ4n) is 5.76. The SMILES string of the molecule is CC(C)OC(=O)c1ccc([C@@H](CCC(C)(C)C)N2C(=O)C(c3cc(F)cc(F)c3)=NC23CCOC(C(C)(C)C)C3)cc1. The summed E-state index contributed by atoms with van der Waals surface area (Å²) in [6.07, 6.45) is 1.91. The van der Waals surface area contributed by atoms with Crippen molar-refractivity contribution in [2.24, 2.45) is 15.8 Å². The van der Waals surface area contributed by atoms with Gasteiger partial charge in [0.25, 0.3) is 5.91 Å². The van der Waals surface area contributed by atoms with Crippen LogP contribution in [0.4, 0.5) is 8.78 Å². The molecule has 2 aliphatic heterocycles. The summed E-state index contributed by atoms with van der Waals surface area (Å²) in [4.78, 5) is 33.8. The maximum atomic E-state index is 14.4. The number of amides is 1. The topological polar surface area (TPSA) is 68.2 Å². The lowest BCUT2D eigenvalue weighted by molar-refractivity contribution is -0.146. The van der Waals surface area contributed by atoms with E-state index in [2.05, 4.69) is 41.5 Å². The maximum absolute atomic E-state index is 14.4. The van der Waals surface area contributed by atoms with Gasteiger partial charge in [-0.3, -0.25) is 9.79 Å². The van der Waals surface area contributed by atoms with E-state index in [-0.39, 0.29) is 40.2 Å². The lowest BCUT2D eigenvalue weighted by Gasteiger charge is -2.48. The summed E-state index contributed by atoms with van der Waals surface area (Å²) in [5.74, 6) is -2.30. The smallest absolute Gasteiger partial charge is 0.338 e. The first kappa shape index (κ1) is 31.8. The Kier molecular flexibility index (Phi) is 8.98. The molecule has 2 unspecified atom stereocenters. The van der Waals surface area contributed by atoms with Crippen molar-refractivity contribution >= 4 is 17.6 Å². The first-order valence-electron chi connectivity index (χ1n) is 14.8. The van der Waals surface area contributed by atoms with Crippen LogP contribution in [0.2, 0.25) is 0 Å². The molecule has 0 saturated carbocycles. The molecule has 2 aromatic rings. The summed E-state index contributed by atoms with van der Waals surface area (Å²) in [5, 5.41) is 0. The molecule has 2 aromatic carbocycles. The molecule has 3 atom stereocenters. The number of nitrogens with zero attached hydrogens (tertiary/aromatic N) is 2. The van der Waals surface area contributed by atoms with Gasteiger partial charge in [0.2, 0.25) is 0 Å². The number of rotatable bonds is 7. The quantitative estimate of drug-likeness (QED) is 0.315. The summed E-state index contributed by atoms with van der Waals surface area (Å²) in [6.45, 7) is 16.7. The number of hydrogen-bond donors (Lipinski definition) is 0. The second-order valence-electron chi connectivity index (χ2n) is 14.1. The van der Waals surface area contributed by atoms with Gasteiger partial charge in [0.15, 0.2) is 0 Å². The Morgan fingerprint density at radius 3 is 2.24 bits per heavy atom. The number of hydrogen-bond acceptors (Lipinski definition) is 5. The van der Waals surface area contributed by atoms with Crippen molar-refractivity contribution in [2.45, 2.75) is 105 Å². The monoisotopic (exact) mass is 582 g/mol. The molecule has 2 heterocycles. The predicted octanol–water partition coefficient (Wildman–Crippen LogP) is 7.65. The van der Waals surface area contributed by atoms with E-state index >= 15 is 0 Å². The average Bonchev–Trinajstić information content (AvgIpc) is 3.13. The lowest BCUT2D eigenvalue weighted by atomic mass is 9.79. The molecule has 228 valence electrons. The first-order chi connectivity index (χ1) is 19.5. The Morgan fingerprint density at radius 1 is 1.07 bits per heavy atom. The largest absolute Gasteiger partial charge is 0.459 e. The Bertz CT molecular complexity index is 1320. The summed E-state index contributed by atoms with van der Waals surface area (Å²) < 4.78 is 40.2. The van der Waals surface area contributed by atoms with E-state index in [1.54, 1.807) is 26.0 Å². The van der Waals surface area contributed by atoms with Crippen molar-refractivity contribution in [3.05, 3.63) is 70.8 Å². The summed E-state index contributed by atoms with van der Waals surface area (Å²) in [6, 6.07) is 9.90. The number of benzene rings is 2. The Labute approximate surface area is 248 Å². The first-order valence-corrected chi connectivity index (χ1v) is 14.8. The van der Waals surface area contributed by atoms with E-state index in [0.29, 0.717) is 31.4 Å². The third kappa shape index (κ3) is 7.08. The Hall–Kier alpha value is -3.13. The fraction of sp³-hybridized carbons (Fsp3) is 0.559. The highest BCUT2D eigenvalue weighted by Crippen LogP contribution is 2.47. The van der Waals surface area contributed by atoms with E-state index < -0.39 is 29.3 Å². The zero-order valence-corrected chi connectivity index (χ0v) is 26.1. The third-order valence-corrected chi connectivity index (χ3v) is 7.98. The van der Waals surface area contributed by atoms with Crippen LogP contribution in [0, 0.1) is 22.5 Å². The van der Waals surface area contributed by atoms with Crippen LogP contribution in [-0.2, 0) is 14.3 Å². The van der Waals surface area contributed by atoms with E-state index in [4.69, 9.17) is 14.5 Å². The highest BCUT2D eigenvalue weighted by molar-refractivity contribution is 6.46. The fourth-order valence-corrected chi connectivity index (χ4v) is 5.76. The van der Waals surface area contributed by atoms with Crippen LogP contribution in [0.15, 0.2) is 47.5 Å². The molecule has 0 aliphatic carbocycles. The number of carbonyl (C=O) groups excluding carboxylic acids is 2. The molecule has 4 rings (SSSR count). The Morgan fingerprint density at radius 2 is 1.69 bits per heavy atom. The van der Waals surface area contributed by atoms with E-state index in [1.807, 2.05) is 17.0 Å². The van der Waals surface area contributed by atoms with Gasteiger partial charge in [0.05, 0.1) is 30.4 Å². The molecule has 8 heteroatoms. The van der Waals surface area contributed by atoms with Crippen LogP contribution >= 0.6 is 0 Å². The number of esters is 1. The van der Waals surface area contributed by atoms with E-state index in [0.717, 1.165) is 30.2 Å². The molecule has 1 saturated heterocycles. The molecule has 0 N–H and O–H groups in total. The average molecular weight is 583 g/mol. The second kappa shape index (κ2) is 11.9. The highest BCUT2D eigenvalue weighted by Gasteiger charge is 2.54. The zero-order valence-electron chi connectivity index (χ0n) is 26.1. The van der Waals surface area contributed by atoms with Gasteiger partial charge in [-0.1, -0.05) is 53.7 Å². The van der Waals surface area contributed by atoms with E-state index in [9.17, 15) is 18.4 Å². The van der Waals surface area contributed by atoms with Gasteiger partial charge < -0.3 is 14.4 Å². The van der Waals surface area contributed by atoms with Crippen LogP contribution in [0.3, 0.4) is 0 Å². The standard InChI is InChI=1S/C34H44F2N2O4/c1-21(2)42-31(40)23-11-9-22(10-12-23)27(13-14-32(3,4)5)38-30(39)29(24-17-25(35)19-26(36)18-24)37-34(38)15-16-41-28(20-34)33(6,7)8/h9-12,17-19,21,27-28H,13-16,20H2,1-8H3/t27-,28?,34?/m1/s1. The molecule has 42 heavy (non-hydrogen) atoms.